The number of aliphatic hydroxyl groups is 1. The van der Waals surface area contributed by atoms with Gasteiger partial charge in [0.1, 0.15) is 0 Å². The first-order valence-corrected chi connectivity index (χ1v) is 4.51. The van der Waals surface area contributed by atoms with Gasteiger partial charge in [-0.15, -0.1) is 0 Å². The molecule has 0 aliphatic carbocycles. The van der Waals surface area contributed by atoms with E-state index in [1.54, 1.807) is 19.1 Å². The van der Waals surface area contributed by atoms with E-state index >= 15 is 0 Å². The Morgan fingerprint density at radius 3 is 2.86 bits per heavy atom. The van der Waals surface area contributed by atoms with Crippen LogP contribution in [-0.2, 0) is 6.42 Å². The molecule has 1 aromatic carbocycles. The highest BCUT2D eigenvalue weighted by Crippen LogP contribution is 2.14. The van der Waals surface area contributed by atoms with E-state index in [4.69, 9.17) is 5.11 Å². The lowest BCUT2D eigenvalue weighted by atomic mass is 10.1. The smallest absolute Gasteiger partial charge is 0.269 e. The second-order valence-electron chi connectivity index (χ2n) is 3.31. The van der Waals surface area contributed by atoms with Crippen molar-refractivity contribution in [1.82, 2.24) is 0 Å². The van der Waals surface area contributed by atoms with Crippen LogP contribution in [-0.4, -0.2) is 16.1 Å². The van der Waals surface area contributed by atoms with Gasteiger partial charge in [0, 0.05) is 12.1 Å². The number of non-ortho nitro benzene ring substituents is 1. The van der Waals surface area contributed by atoms with Crippen LogP contribution >= 0.6 is 0 Å². The van der Waals surface area contributed by atoms with Gasteiger partial charge in [0.15, 0.2) is 0 Å². The van der Waals surface area contributed by atoms with E-state index in [0.717, 1.165) is 5.56 Å². The fraction of sp³-hybridized carbons (Fsp3) is 0.400. The molecule has 0 aliphatic rings. The third kappa shape index (κ3) is 3.14. The summed E-state index contributed by atoms with van der Waals surface area (Å²) in [6, 6.07) is 6.50. The second-order valence-corrected chi connectivity index (χ2v) is 3.31. The molecule has 0 saturated carbocycles. The molecular formula is C10H13NO3. The van der Waals surface area contributed by atoms with Gasteiger partial charge in [0.05, 0.1) is 11.0 Å². The lowest BCUT2D eigenvalue weighted by molar-refractivity contribution is -0.384. The minimum absolute atomic E-state index is 0.105. The molecule has 1 unspecified atom stereocenters. The maximum Gasteiger partial charge on any atom is 0.269 e. The Morgan fingerprint density at radius 1 is 1.57 bits per heavy atom. The Hall–Kier alpha value is -1.42. The Balaban J connectivity index is 2.69. The number of nitrogens with zero attached hydrogens (tertiary/aromatic N) is 1. The summed E-state index contributed by atoms with van der Waals surface area (Å²) in [6.45, 7) is 1.71. The van der Waals surface area contributed by atoms with Gasteiger partial charge >= 0.3 is 0 Å². The molecule has 1 rings (SSSR count). The van der Waals surface area contributed by atoms with Crippen molar-refractivity contribution in [1.29, 1.82) is 0 Å². The Morgan fingerprint density at radius 2 is 2.29 bits per heavy atom. The highest BCUT2D eigenvalue weighted by molar-refractivity contribution is 5.34. The van der Waals surface area contributed by atoms with Crippen molar-refractivity contribution in [3.05, 3.63) is 39.9 Å². The zero-order valence-electron chi connectivity index (χ0n) is 8.01. The highest BCUT2D eigenvalue weighted by Gasteiger charge is 2.05. The van der Waals surface area contributed by atoms with Crippen molar-refractivity contribution in [2.24, 2.45) is 0 Å². The number of hydrogen-bond acceptors (Lipinski definition) is 3. The van der Waals surface area contributed by atoms with Crippen LogP contribution in [0.1, 0.15) is 18.9 Å². The molecule has 76 valence electrons. The summed E-state index contributed by atoms with van der Waals surface area (Å²) in [7, 11) is 0. The minimum Gasteiger partial charge on any atom is -0.393 e. The third-order valence-electron chi connectivity index (χ3n) is 1.97. The maximum atomic E-state index is 10.4. The first kappa shape index (κ1) is 10.7. The van der Waals surface area contributed by atoms with Crippen molar-refractivity contribution in [2.45, 2.75) is 25.9 Å². The molecule has 0 aliphatic heterocycles. The molecule has 0 fully saturated rings. The second kappa shape index (κ2) is 4.72. The van der Waals surface area contributed by atoms with E-state index in [0.29, 0.717) is 12.8 Å². The van der Waals surface area contributed by atoms with E-state index in [-0.39, 0.29) is 11.8 Å². The van der Waals surface area contributed by atoms with Crippen molar-refractivity contribution in [3.63, 3.8) is 0 Å². The number of nitro benzene ring substituents is 1. The summed E-state index contributed by atoms with van der Waals surface area (Å²) in [5, 5.41) is 19.5. The molecule has 14 heavy (non-hydrogen) atoms. The predicted octanol–water partition coefficient (Wildman–Crippen LogP) is 1.91. The number of aryl methyl sites for hydroxylation is 1. The Bertz CT molecular complexity index is 323. The molecule has 0 amide bonds. The molecule has 4 heteroatoms. The quantitative estimate of drug-likeness (QED) is 0.589. The standard InChI is InChI=1S/C10H13NO3/c1-8(12)5-6-9-3-2-4-10(7-9)11(13)14/h2-4,7-8,12H,5-6H2,1H3. The summed E-state index contributed by atoms with van der Waals surface area (Å²) >= 11 is 0. The van der Waals surface area contributed by atoms with E-state index in [1.807, 2.05) is 6.07 Å². The van der Waals surface area contributed by atoms with Crippen LogP contribution in [0.3, 0.4) is 0 Å². The molecule has 0 spiro atoms. The Kier molecular flexibility index (Phi) is 3.59. The summed E-state index contributed by atoms with van der Waals surface area (Å²) in [6.07, 6.45) is 0.926. The summed E-state index contributed by atoms with van der Waals surface area (Å²) in [5.41, 5.74) is 0.994. The van der Waals surface area contributed by atoms with Crippen molar-refractivity contribution >= 4 is 5.69 Å². The normalized spacial score (nSPS) is 12.4. The maximum absolute atomic E-state index is 10.4. The summed E-state index contributed by atoms with van der Waals surface area (Å²) in [5.74, 6) is 0. The SMILES string of the molecule is CC(O)CCc1cccc([N+](=O)[O-])c1. The summed E-state index contributed by atoms with van der Waals surface area (Å²) in [4.78, 5) is 10.0. The van der Waals surface area contributed by atoms with Crippen molar-refractivity contribution < 1.29 is 10.0 Å². The van der Waals surface area contributed by atoms with Gasteiger partial charge in [-0.3, -0.25) is 10.1 Å². The molecule has 1 aromatic rings. The van der Waals surface area contributed by atoms with E-state index in [9.17, 15) is 10.1 Å². The molecule has 1 N–H and O–H groups in total. The third-order valence-corrected chi connectivity index (χ3v) is 1.97. The predicted molar refractivity (Wildman–Crippen MR) is 53.1 cm³/mol. The van der Waals surface area contributed by atoms with Gasteiger partial charge in [-0.2, -0.15) is 0 Å². The van der Waals surface area contributed by atoms with Crippen LogP contribution < -0.4 is 0 Å². The number of aliphatic hydroxyl groups excluding tert-OH is 1. The number of nitro groups is 1. The lowest BCUT2D eigenvalue weighted by Gasteiger charge is -2.03. The van der Waals surface area contributed by atoms with Crippen LogP contribution in [0.15, 0.2) is 24.3 Å². The van der Waals surface area contributed by atoms with Crippen LogP contribution in [0.5, 0.6) is 0 Å². The minimum atomic E-state index is -0.411. The van der Waals surface area contributed by atoms with Gasteiger partial charge in [-0.25, -0.2) is 0 Å². The zero-order valence-corrected chi connectivity index (χ0v) is 8.01. The first-order valence-electron chi connectivity index (χ1n) is 4.51. The molecule has 0 bridgehead atoms. The first-order chi connectivity index (χ1) is 6.59. The average Bonchev–Trinajstić information content (AvgIpc) is 2.15. The lowest BCUT2D eigenvalue weighted by Crippen LogP contribution is -2.01. The monoisotopic (exact) mass is 195 g/mol. The molecule has 0 aromatic heterocycles. The van der Waals surface area contributed by atoms with Gasteiger partial charge < -0.3 is 5.11 Å². The van der Waals surface area contributed by atoms with E-state index < -0.39 is 4.92 Å². The van der Waals surface area contributed by atoms with Crippen molar-refractivity contribution in [3.8, 4) is 0 Å². The molecule has 0 heterocycles. The summed E-state index contributed by atoms with van der Waals surface area (Å²) < 4.78 is 0. The topological polar surface area (TPSA) is 63.4 Å². The fourth-order valence-electron chi connectivity index (χ4n) is 1.20. The molecular weight excluding hydrogens is 182 g/mol. The zero-order chi connectivity index (χ0) is 10.6. The molecule has 0 radical (unpaired) electrons. The number of rotatable bonds is 4. The molecule has 0 saturated heterocycles. The molecule has 1 atom stereocenters. The molecule has 4 nitrogen and oxygen atoms in total. The van der Waals surface area contributed by atoms with Crippen LogP contribution in [0.2, 0.25) is 0 Å². The van der Waals surface area contributed by atoms with Crippen LogP contribution in [0, 0.1) is 10.1 Å². The largest absolute Gasteiger partial charge is 0.393 e. The van der Waals surface area contributed by atoms with Crippen molar-refractivity contribution in [2.75, 3.05) is 0 Å². The van der Waals surface area contributed by atoms with Gasteiger partial charge in [0.2, 0.25) is 0 Å². The number of benzene rings is 1. The van der Waals surface area contributed by atoms with E-state index in [1.165, 1.54) is 6.07 Å². The Labute approximate surface area is 82.3 Å². The van der Waals surface area contributed by atoms with E-state index in [2.05, 4.69) is 0 Å². The van der Waals surface area contributed by atoms with Gasteiger partial charge in [-0.05, 0) is 25.3 Å². The van der Waals surface area contributed by atoms with Gasteiger partial charge in [0.25, 0.3) is 5.69 Å². The van der Waals surface area contributed by atoms with Crippen LogP contribution in [0.25, 0.3) is 0 Å². The van der Waals surface area contributed by atoms with Gasteiger partial charge in [-0.1, -0.05) is 12.1 Å². The number of hydrogen-bond donors (Lipinski definition) is 1. The van der Waals surface area contributed by atoms with Crippen LogP contribution in [0.4, 0.5) is 5.69 Å². The fourth-order valence-corrected chi connectivity index (χ4v) is 1.20. The highest BCUT2D eigenvalue weighted by atomic mass is 16.6. The average molecular weight is 195 g/mol.